The van der Waals surface area contributed by atoms with Gasteiger partial charge in [-0.25, -0.2) is 0 Å². The van der Waals surface area contributed by atoms with Gasteiger partial charge in [0, 0.05) is 19.3 Å². The lowest BCUT2D eigenvalue weighted by Gasteiger charge is -2.05. The molecule has 0 amide bonds. The highest BCUT2D eigenvalue weighted by molar-refractivity contribution is 9.10. The first kappa shape index (κ1) is 15.2. The van der Waals surface area contributed by atoms with Crippen molar-refractivity contribution in [3.05, 3.63) is 26.8 Å². The maximum absolute atomic E-state index is 5.40. The first-order chi connectivity index (χ1) is 10.5. The lowest BCUT2D eigenvalue weighted by Crippen LogP contribution is -2.03. The van der Waals surface area contributed by atoms with Gasteiger partial charge in [-0.3, -0.25) is 19.0 Å². The molecule has 0 aromatic carbocycles. The van der Waals surface area contributed by atoms with Gasteiger partial charge in [0.05, 0.1) is 22.1 Å². The maximum Gasteiger partial charge on any atom is 0.200 e. The quantitative estimate of drug-likeness (QED) is 0.708. The van der Waals surface area contributed by atoms with E-state index in [2.05, 4.69) is 43.2 Å². The number of hydrogen-bond donors (Lipinski definition) is 1. The number of nitrogens with zero attached hydrogens (tertiary/aromatic N) is 6. The van der Waals surface area contributed by atoms with Crippen LogP contribution >= 0.6 is 28.1 Å². The van der Waals surface area contributed by atoms with E-state index < -0.39 is 0 Å². The standard InChI is InChI=1S/C13H16BrN7S/c1-5-20-7(2)9(6-15-20)21-12(16-17-13(21)22)11-10(14)8(3)19(4)18-11/h6H,5H2,1-4H3,(H,17,22). The molecule has 0 bridgehead atoms. The van der Waals surface area contributed by atoms with Crippen LogP contribution in [0.2, 0.25) is 0 Å². The van der Waals surface area contributed by atoms with E-state index in [1.807, 2.05) is 34.8 Å². The Morgan fingerprint density at radius 3 is 2.59 bits per heavy atom. The van der Waals surface area contributed by atoms with Crippen LogP contribution in [0.3, 0.4) is 0 Å². The summed E-state index contributed by atoms with van der Waals surface area (Å²) in [7, 11) is 1.90. The van der Waals surface area contributed by atoms with Crippen molar-refractivity contribution >= 4 is 28.1 Å². The van der Waals surface area contributed by atoms with Gasteiger partial charge >= 0.3 is 0 Å². The van der Waals surface area contributed by atoms with Gasteiger partial charge < -0.3 is 0 Å². The Kier molecular flexibility index (Phi) is 3.77. The number of halogens is 1. The van der Waals surface area contributed by atoms with E-state index >= 15 is 0 Å². The number of aromatic nitrogens is 7. The molecule has 0 aliphatic rings. The van der Waals surface area contributed by atoms with Gasteiger partial charge in [0.2, 0.25) is 0 Å². The molecule has 0 saturated heterocycles. The molecule has 3 rings (SSSR count). The fourth-order valence-electron chi connectivity index (χ4n) is 2.38. The molecule has 0 spiro atoms. The third-order valence-corrected chi connectivity index (χ3v) is 4.99. The predicted molar refractivity (Wildman–Crippen MR) is 89.6 cm³/mol. The molecule has 0 radical (unpaired) electrons. The molecule has 116 valence electrons. The largest absolute Gasteiger partial charge is 0.271 e. The highest BCUT2D eigenvalue weighted by Crippen LogP contribution is 2.30. The molecule has 0 aliphatic carbocycles. The molecule has 0 fully saturated rings. The topological polar surface area (TPSA) is 69.2 Å². The number of nitrogens with one attached hydrogen (secondary N) is 1. The van der Waals surface area contributed by atoms with Crippen LogP contribution in [0.25, 0.3) is 17.2 Å². The molecule has 1 N–H and O–H groups in total. The van der Waals surface area contributed by atoms with Crippen molar-refractivity contribution in [2.45, 2.75) is 27.3 Å². The highest BCUT2D eigenvalue weighted by atomic mass is 79.9. The Morgan fingerprint density at radius 2 is 2.05 bits per heavy atom. The zero-order chi connectivity index (χ0) is 16.0. The van der Waals surface area contributed by atoms with Crippen LogP contribution in [0.5, 0.6) is 0 Å². The van der Waals surface area contributed by atoms with Gasteiger partial charge in [-0.1, -0.05) is 0 Å². The lowest BCUT2D eigenvalue weighted by molar-refractivity contribution is 0.639. The minimum absolute atomic E-state index is 0.518. The highest BCUT2D eigenvalue weighted by Gasteiger charge is 2.21. The number of H-pyrrole nitrogens is 1. The molecular weight excluding hydrogens is 366 g/mol. The van der Waals surface area contributed by atoms with E-state index in [4.69, 9.17) is 12.2 Å². The second kappa shape index (κ2) is 5.47. The summed E-state index contributed by atoms with van der Waals surface area (Å²) in [5, 5.41) is 16.1. The molecular formula is C13H16BrN7S. The molecule has 0 atom stereocenters. The van der Waals surface area contributed by atoms with E-state index in [0.29, 0.717) is 10.6 Å². The van der Waals surface area contributed by atoms with Crippen molar-refractivity contribution in [1.82, 2.24) is 34.3 Å². The lowest BCUT2D eigenvalue weighted by atomic mass is 10.3. The second-order valence-electron chi connectivity index (χ2n) is 4.99. The molecule has 3 heterocycles. The molecule has 3 aromatic rings. The first-order valence-corrected chi connectivity index (χ1v) is 8.05. The Bertz CT molecular complexity index is 898. The van der Waals surface area contributed by atoms with E-state index in [-0.39, 0.29) is 0 Å². The molecule has 3 aromatic heterocycles. The summed E-state index contributed by atoms with van der Waals surface area (Å²) >= 11 is 8.99. The second-order valence-corrected chi connectivity index (χ2v) is 6.17. The van der Waals surface area contributed by atoms with Gasteiger partial charge in [0.1, 0.15) is 5.69 Å². The summed E-state index contributed by atoms with van der Waals surface area (Å²) in [6, 6.07) is 0. The van der Waals surface area contributed by atoms with Crippen LogP contribution in [0.1, 0.15) is 18.3 Å². The first-order valence-electron chi connectivity index (χ1n) is 6.85. The normalized spacial score (nSPS) is 11.3. The zero-order valence-electron chi connectivity index (χ0n) is 12.8. The number of aromatic amines is 1. The van der Waals surface area contributed by atoms with Crippen LogP contribution in [-0.4, -0.2) is 34.3 Å². The average Bonchev–Trinajstić information content (AvgIpc) is 3.12. The van der Waals surface area contributed by atoms with E-state index in [1.165, 1.54) is 0 Å². The van der Waals surface area contributed by atoms with E-state index in [1.54, 1.807) is 6.20 Å². The smallest absolute Gasteiger partial charge is 0.200 e. The minimum Gasteiger partial charge on any atom is -0.271 e. The average molecular weight is 382 g/mol. The fourth-order valence-corrected chi connectivity index (χ4v) is 3.12. The Balaban J connectivity index is 2.26. The zero-order valence-corrected chi connectivity index (χ0v) is 15.2. The van der Waals surface area contributed by atoms with Gasteiger partial charge in [0.25, 0.3) is 0 Å². The number of hydrogen-bond acceptors (Lipinski definition) is 4. The van der Waals surface area contributed by atoms with Gasteiger partial charge in [-0.05, 0) is 48.9 Å². The van der Waals surface area contributed by atoms with Gasteiger partial charge in [-0.2, -0.15) is 15.3 Å². The molecule has 0 aliphatic heterocycles. The molecule has 9 heteroatoms. The fraction of sp³-hybridized carbons (Fsp3) is 0.385. The maximum atomic E-state index is 5.40. The van der Waals surface area contributed by atoms with Crippen molar-refractivity contribution in [2.24, 2.45) is 7.05 Å². The third kappa shape index (κ3) is 2.15. The van der Waals surface area contributed by atoms with Crippen molar-refractivity contribution in [2.75, 3.05) is 0 Å². The number of rotatable bonds is 3. The summed E-state index contributed by atoms with van der Waals surface area (Å²) in [5.74, 6) is 0.666. The van der Waals surface area contributed by atoms with E-state index in [0.717, 1.165) is 33.8 Å². The predicted octanol–water partition coefficient (Wildman–Crippen LogP) is 2.93. The summed E-state index contributed by atoms with van der Waals surface area (Å²) in [4.78, 5) is 0. The summed E-state index contributed by atoms with van der Waals surface area (Å²) in [6.07, 6.45) is 1.80. The monoisotopic (exact) mass is 381 g/mol. The minimum atomic E-state index is 0.518. The van der Waals surface area contributed by atoms with Crippen LogP contribution < -0.4 is 0 Å². The van der Waals surface area contributed by atoms with Crippen LogP contribution in [0, 0.1) is 18.6 Å². The molecule has 22 heavy (non-hydrogen) atoms. The Morgan fingerprint density at radius 1 is 1.32 bits per heavy atom. The molecule has 0 unspecified atom stereocenters. The summed E-state index contributed by atoms with van der Waals surface area (Å²) in [6.45, 7) is 6.87. The van der Waals surface area contributed by atoms with E-state index in [9.17, 15) is 0 Å². The molecule has 7 nitrogen and oxygen atoms in total. The van der Waals surface area contributed by atoms with Crippen molar-refractivity contribution in [3.8, 4) is 17.2 Å². The van der Waals surface area contributed by atoms with Crippen molar-refractivity contribution in [1.29, 1.82) is 0 Å². The van der Waals surface area contributed by atoms with Gasteiger partial charge in [-0.15, -0.1) is 0 Å². The van der Waals surface area contributed by atoms with Gasteiger partial charge in [0.15, 0.2) is 10.6 Å². The van der Waals surface area contributed by atoms with Crippen LogP contribution in [0.4, 0.5) is 0 Å². The summed E-state index contributed by atoms with van der Waals surface area (Å²) < 4.78 is 7.03. The Labute approximate surface area is 141 Å². The number of aryl methyl sites for hydroxylation is 2. The van der Waals surface area contributed by atoms with Crippen molar-refractivity contribution in [3.63, 3.8) is 0 Å². The van der Waals surface area contributed by atoms with Crippen LogP contribution in [0.15, 0.2) is 10.7 Å². The molecule has 0 saturated carbocycles. The Hall–Kier alpha value is -1.74. The third-order valence-electron chi connectivity index (χ3n) is 3.76. The van der Waals surface area contributed by atoms with Crippen LogP contribution in [-0.2, 0) is 13.6 Å². The summed E-state index contributed by atoms with van der Waals surface area (Å²) in [5.41, 5.74) is 3.71. The van der Waals surface area contributed by atoms with Crippen molar-refractivity contribution < 1.29 is 0 Å². The SMILES string of the molecule is CCn1ncc(-n2c(-c3nn(C)c(C)c3Br)n[nH]c2=S)c1C.